The molecule has 0 radical (unpaired) electrons. The van der Waals surface area contributed by atoms with Crippen LogP contribution in [0.1, 0.15) is 24.8 Å². The summed E-state index contributed by atoms with van der Waals surface area (Å²) in [6.07, 6.45) is 3.05. The molecule has 192 valence electrons. The first kappa shape index (κ1) is 23.7. The number of imidazole rings is 1. The topological polar surface area (TPSA) is 125 Å². The van der Waals surface area contributed by atoms with Crippen LogP contribution in [0.3, 0.4) is 0 Å². The van der Waals surface area contributed by atoms with E-state index in [1.54, 1.807) is 21.7 Å². The summed E-state index contributed by atoms with van der Waals surface area (Å²) in [5, 5.41) is 12.2. The number of fused-ring (bicyclic) bond motifs is 1. The van der Waals surface area contributed by atoms with E-state index in [4.69, 9.17) is 16.0 Å². The molecular formula is C25H27ClN8O3. The fourth-order valence-corrected chi connectivity index (χ4v) is 5.41. The Morgan fingerprint density at radius 2 is 1.92 bits per heavy atom. The van der Waals surface area contributed by atoms with Crippen molar-refractivity contribution in [1.29, 1.82) is 0 Å². The molecule has 1 amide bonds. The number of nitrogens with zero attached hydrogens (tertiary/aromatic N) is 6. The number of hydrogen-bond donors (Lipinski definition) is 2. The average Bonchev–Trinajstić information content (AvgIpc) is 3.52. The Balaban J connectivity index is 1.10. The molecule has 4 aromatic rings. The summed E-state index contributed by atoms with van der Waals surface area (Å²) < 4.78 is 7.61. The van der Waals surface area contributed by atoms with Crippen molar-refractivity contribution in [2.45, 2.75) is 25.3 Å². The molecule has 3 aromatic heterocycles. The molecule has 0 saturated carbocycles. The Morgan fingerprint density at radius 1 is 1.11 bits per heavy atom. The maximum atomic E-state index is 13.0. The van der Waals surface area contributed by atoms with Crippen LogP contribution in [0.2, 0.25) is 5.02 Å². The SMILES string of the molecule is O=C(Cc1nnc(-c2cc(Cl)cc(N3CCNCC3)c2)o1)N1CCC(n2c(=O)[nH]c3ncccc32)CC1. The number of hydrogen-bond acceptors (Lipinski definition) is 8. The number of rotatable bonds is 5. The second kappa shape index (κ2) is 9.98. The van der Waals surface area contributed by atoms with Crippen LogP contribution in [-0.2, 0) is 11.2 Å². The van der Waals surface area contributed by atoms with Gasteiger partial charge in [-0.2, -0.15) is 0 Å². The van der Waals surface area contributed by atoms with Crippen LogP contribution >= 0.6 is 11.6 Å². The third-order valence-electron chi connectivity index (χ3n) is 7.05. The van der Waals surface area contributed by atoms with Crippen molar-refractivity contribution in [3.8, 4) is 11.5 Å². The second-order valence-electron chi connectivity index (χ2n) is 9.40. The van der Waals surface area contributed by atoms with Crippen molar-refractivity contribution >= 4 is 34.4 Å². The lowest BCUT2D eigenvalue weighted by Crippen LogP contribution is -2.43. The lowest BCUT2D eigenvalue weighted by atomic mass is 10.0. The molecule has 37 heavy (non-hydrogen) atoms. The van der Waals surface area contributed by atoms with Gasteiger partial charge in [-0.15, -0.1) is 10.2 Å². The Morgan fingerprint density at radius 3 is 2.73 bits per heavy atom. The van der Waals surface area contributed by atoms with Gasteiger partial charge in [0.15, 0.2) is 5.65 Å². The zero-order valence-electron chi connectivity index (χ0n) is 20.2. The highest BCUT2D eigenvalue weighted by Crippen LogP contribution is 2.29. The van der Waals surface area contributed by atoms with E-state index in [0.29, 0.717) is 42.5 Å². The van der Waals surface area contributed by atoms with Crippen LogP contribution in [0, 0.1) is 0 Å². The normalized spacial score (nSPS) is 17.0. The highest BCUT2D eigenvalue weighted by Gasteiger charge is 2.27. The van der Waals surface area contributed by atoms with Gasteiger partial charge in [0.2, 0.25) is 17.7 Å². The molecule has 0 spiro atoms. The Hall–Kier alpha value is -3.70. The highest BCUT2D eigenvalue weighted by atomic mass is 35.5. The van der Waals surface area contributed by atoms with Crippen molar-refractivity contribution < 1.29 is 9.21 Å². The number of benzene rings is 1. The van der Waals surface area contributed by atoms with Crippen molar-refractivity contribution in [3.63, 3.8) is 0 Å². The number of piperidine rings is 1. The highest BCUT2D eigenvalue weighted by molar-refractivity contribution is 6.31. The van der Waals surface area contributed by atoms with Crippen molar-refractivity contribution in [1.82, 2.24) is 34.9 Å². The van der Waals surface area contributed by atoms with Gasteiger partial charge in [-0.05, 0) is 43.2 Å². The van der Waals surface area contributed by atoms with Crippen molar-refractivity contribution in [2.24, 2.45) is 0 Å². The van der Waals surface area contributed by atoms with Gasteiger partial charge in [-0.3, -0.25) is 14.3 Å². The van der Waals surface area contributed by atoms with Crippen molar-refractivity contribution in [2.75, 3.05) is 44.2 Å². The molecule has 2 fully saturated rings. The van der Waals surface area contributed by atoms with E-state index in [2.05, 4.69) is 30.4 Å². The van der Waals surface area contributed by atoms with E-state index in [1.807, 2.05) is 24.3 Å². The second-order valence-corrected chi connectivity index (χ2v) is 9.83. The first-order valence-electron chi connectivity index (χ1n) is 12.5. The number of pyridine rings is 1. The molecular weight excluding hydrogens is 496 g/mol. The van der Waals surface area contributed by atoms with E-state index in [9.17, 15) is 9.59 Å². The van der Waals surface area contributed by atoms with E-state index >= 15 is 0 Å². The van der Waals surface area contributed by atoms with Gasteiger partial charge in [-0.1, -0.05) is 11.6 Å². The zero-order chi connectivity index (χ0) is 25.4. The molecule has 6 rings (SSSR count). The summed E-state index contributed by atoms with van der Waals surface area (Å²) in [5.41, 5.74) is 2.94. The number of aromatic nitrogens is 5. The molecule has 0 aliphatic carbocycles. The maximum absolute atomic E-state index is 13.0. The standard InChI is InChI=1S/C25H27ClN8O3/c26-17-12-16(13-19(14-17)32-10-6-27-7-11-32)24-31-30-21(37-24)15-22(35)33-8-3-18(4-9-33)34-20-2-1-5-28-23(20)29-25(34)36/h1-2,5,12-14,18,27H,3-4,6-11,15H2,(H,28,29,36). The predicted molar refractivity (Wildman–Crippen MR) is 139 cm³/mol. The summed E-state index contributed by atoms with van der Waals surface area (Å²) >= 11 is 6.38. The lowest BCUT2D eigenvalue weighted by molar-refractivity contribution is -0.132. The third-order valence-corrected chi connectivity index (χ3v) is 7.27. The molecule has 2 aliphatic rings. The smallest absolute Gasteiger partial charge is 0.327 e. The van der Waals surface area contributed by atoms with Gasteiger partial charge in [-0.25, -0.2) is 9.78 Å². The van der Waals surface area contributed by atoms with Gasteiger partial charge in [0.1, 0.15) is 6.42 Å². The number of amides is 1. The minimum Gasteiger partial charge on any atom is -0.420 e. The summed E-state index contributed by atoms with van der Waals surface area (Å²) in [7, 11) is 0. The average molecular weight is 523 g/mol. The minimum atomic E-state index is -0.169. The molecule has 1 aromatic carbocycles. The monoisotopic (exact) mass is 522 g/mol. The summed E-state index contributed by atoms with van der Waals surface area (Å²) in [6, 6.07) is 9.43. The van der Waals surface area contributed by atoms with E-state index in [0.717, 1.165) is 42.9 Å². The molecule has 0 bridgehead atoms. The molecule has 11 nitrogen and oxygen atoms in total. The van der Waals surface area contributed by atoms with Crippen LogP contribution in [0.25, 0.3) is 22.6 Å². The molecule has 0 unspecified atom stereocenters. The van der Waals surface area contributed by atoms with E-state index in [1.165, 1.54) is 0 Å². The molecule has 0 atom stereocenters. The quantitative estimate of drug-likeness (QED) is 0.409. The maximum Gasteiger partial charge on any atom is 0.327 e. The number of anilines is 1. The fraction of sp³-hybridized carbons (Fsp3) is 0.400. The molecule has 5 heterocycles. The van der Waals surface area contributed by atoms with Gasteiger partial charge in [0.25, 0.3) is 0 Å². The number of carbonyl (C=O) groups is 1. The summed E-state index contributed by atoms with van der Waals surface area (Å²) in [4.78, 5) is 36.6. The molecule has 2 saturated heterocycles. The number of aromatic amines is 1. The van der Waals surface area contributed by atoms with E-state index in [-0.39, 0.29) is 30.0 Å². The lowest BCUT2D eigenvalue weighted by Gasteiger charge is -2.32. The van der Waals surface area contributed by atoms with Gasteiger partial charge >= 0.3 is 5.69 Å². The molecule has 12 heteroatoms. The minimum absolute atomic E-state index is 0.0113. The summed E-state index contributed by atoms with van der Waals surface area (Å²) in [5.74, 6) is 0.534. The number of piperazine rings is 1. The molecule has 2 N–H and O–H groups in total. The van der Waals surface area contributed by atoms with Crippen LogP contribution in [-0.4, -0.2) is 74.8 Å². The van der Waals surface area contributed by atoms with Gasteiger partial charge < -0.3 is 19.5 Å². The van der Waals surface area contributed by atoms with Crippen LogP contribution < -0.4 is 15.9 Å². The Labute approximate surface area is 217 Å². The third kappa shape index (κ3) is 4.84. The predicted octanol–water partition coefficient (Wildman–Crippen LogP) is 2.24. The Bertz CT molecular complexity index is 1480. The first-order chi connectivity index (χ1) is 18.0. The van der Waals surface area contributed by atoms with E-state index < -0.39 is 0 Å². The number of carbonyl (C=O) groups excluding carboxylic acids is 1. The van der Waals surface area contributed by atoms with Gasteiger partial charge in [0, 0.05) is 67.8 Å². The number of halogens is 1. The van der Waals surface area contributed by atoms with Crippen LogP contribution in [0.5, 0.6) is 0 Å². The largest absolute Gasteiger partial charge is 0.420 e. The zero-order valence-corrected chi connectivity index (χ0v) is 20.9. The van der Waals surface area contributed by atoms with Crippen molar-refractivity contribution in [3.05, 3.63) is 57.9 Å². The Kier molecular flexibility index (Phi) is 6.39. The number of H-pyrrole nitrogens is 1. The fourth-order valence-electron chi connectivity index (χ4n) is 5.18. The van der Waals surface area contributed by atoms with Crippen LogP contribution in [0.15, 0.2) is 45.7 Å². The summed E-state index contributed by atoms with van der Waals surface area (Å²) in [6.45, 7) is 4.72. The first-order valence-corrected chi connectivity index (χ1v) is 12.8. The van der Waals surface area contributed by atoms with Gasteiger partial charge in [0.05, 0.1) is 5.52 Å². The number of likely N-dealkylation sites (tertiary alicyclic amines) is 1. The number of nitrogens with one attached hydrogen (secondary N) is 2. The van der Waals surface area contributed by atoms with Crippen LogP contribution in [0.4, 0.5) is 5.69 Å². The molecule has 2 aliphatic heterocycles.